The lowest BCUT2D eigenvalue weighted by atomic mass is 9.77. The molecule has 1 N–H and O–H groups in total. The average molecular weight is 249 g/mol. The van der Waals surface area contributed by atoms with Crippen molar-refractivity contribution < 1.29 is 9.90 Å². The van der Waals surface area contributed by atoms with Gasteiger partial charge in [-0.3, -0.25) is 9.69 Å². The van der Waals surface area contributed by atoms with Crippen LogP contribution in [0.2, 0.25) is 0 Å². The molecule has 1 aromatic heterocycles. The molecule has 1 aliphatic heterocycles. The molecule has 1 fully saturated rings. The molecule has 0 saturated carbocycles. The summed E-state index contributed by atoms with van der Waals surface area (Å²) in [6.45, 7) is 4.11. The van der Waals surface area contributed by atoms with Crippen LogP contribution in [0, 0.1) is 5.41 Å². The van der Waals surface area contributed by atoms with E-state index in [0.717, 1.165) is 25.2 Å². The van der Waals surface area contributed by atoms with Crippen molar-refractivity contribution in [2.75, 3.05) is 13.1 Å². The highest BCUT2D eigenvalue weighted by Gasteiger charge is 2.40. The summed E-state index contributed by atoms with van der Waals surface area (Å²) in [6.07, 6.45) is 5.81. The number of carboxylic acid groups (broad SMARTS) is 1. The molecule has 0 amide bonds. The van der Waals surface area contributed by atoms with Gasteiger partial charge in [0.25, 0.3) is 0 Å². The summed E-state index contributed by atoms with van der Waals surface area (Å²) >= 11 is 0. The summed E-state index contributed by atoms with van der Waals surface area (Å²) < 4.78 is 0. The molecule has 2 heterocycles. The van der Waals surface area contributed by atoms with Gasteiger partial charge in [0.05, 0.1) is 12.0 Å². The summed E-state index contributed by atoms with van der Waals surface area (Å²) in [4.78, 5) is 22.0. The SMILES string of the molecule is CCC1(C(=O)O)CCCN(Cc2ncccn2)C1. The zero-order valence-electron chi connectivity index (χ0n) is 10.7. The fraction of sp³-hybridized carbons (Fsp3) is 0.615. The van der Waals surface area contributed by atoms with E-state index in [-0.39, 0.29) is 0 Å². The van der Waals surface area contributed by atoms with Crippen molar-refractivity contribution >= 4 is 5.97 Å². The lowest BCUT2D eigenvalue weighted by Gasteiger charge is -2.39. The largest absolute Gasteiger partial charge is 0.481 e. The molecule has 1 saturated heterocycles. The molecule has 18 heavy (non-hydrogen) atoms. The van der Waals surface area contributed by atoms with E-state index in [0.29, 0.717) is 19.5 Å². The third-order valence-electron chi connectivity index (χ3n) is 3.77. The van der Waals surface area contributed by atoms with Crippen molar-refractivity contribution in [3.05, 3.63) is 24.3 Å². The minimum atomic E-state index is -0.677. The topological polar surface area (TPSA) is 66.3 Å². The van der Waals surface area contributed by atoms with Gasteiger partial charge in [0.1, 0.15) is 5.82 Å². The Labute approximate surface area is 107 Å². The van der Waals surface area contributed by atoms with Crippen molar-refractivity contribution in [3.8, 4) is 0 Å². The molecule has 0 aliphatic carbocycles. The van der Waals surface area contributed by atoms with E-state index >= 15 is 0 Å². The van der Waals surface area contributed by atoms with Crippen molar-refractivity contribution in [2.45, 2.75) is 32.7 Å². The molecule has 2 rings (SSSR count). The van der Waals surface area contributed by atoms with Crippen LogP contribution in [0.5, 0.6) is 0 Å². The maximum Gasteiger partial charge on any atom is 0.310 e. The number of likely N-dealkylation sites (tertiary alicyclic amines) is 1. The Morgan fingerprint density at radius 2 is 2.22 bits per heavy atom. The Kier molecular flexibility index (Phi) is 3.91. The van der Waals surface area contributed by atoms with E-state index in [9.17, 15) is 9.90 Å². The molecule has 0 radical (unpaired) electrons. The summed E-state index contributed by atoms with van der Waals surface area (Å²) in [7, 11) is 0. The summed E-state index contributed by atoms with van der Waals surface area (Å²) in [5.74, 6) is 0.0819. The molecular weight excluding hydrogens is 230 g/mol. The van der Waals surface area contributed by atoms with Gasteiger partial charge in [0, 0.05) is 18.9 Å². The second-order valence-electron chi connectivity index (χ2n) is 4.92. The summed E-state index contributed by atoms with van der Waals surface area (Å²) in [6, 6.07) is 1.79. The first kappa shape index (κ1) is 13.0. The van der Waals surface area contributed by atoms with Gasteiger partial charge in [-0.15, -0.1) is 0 Å². The molecule has 1 aromatic rings. The average Bonchev–Trinajstić information content (AvgIpc) is 2.40. The smallest absolute Gasteiger partial charge is 0.310 e. The first-order valence-corrected chi connectivity index (χ1v) is 6.38. The van der Waals surface area contributed by atoms with E-state index < -0.39 is 11.4 Å². The minimum absolute atomic E-state index is 0.590. The van der Waals surface area contributed by atoms with Gasteiger partial charge in [-0.05, 0) is 31.9 Å². The van der Waals surface area contributed by atoms with Crippen molar-refractivity contribution in [1.82, 2.24) is 14.9 Å². The number of carboxylic acids is 1. The Hall–Kier alpha value is -1.49. The number of hydrogen-bond acceptors (Lipinski definition) is 4. The fourth-order valence-electron chi connectivity index (χ4n) is 2.59. The van der Waals surface area contributed by atoms with Gasteiger partial charge >= 0.3 is 5.97 Å². The van der Waals surface area contributed by atoms with Crippen LogP contribution in [0.3, 0.4) is 0 Å². The van der Waals surface area contributed by atoms with E-state index in [1.165, 1.54) is 0 Å². The Morgan fingerprint density at radius 1 is 1.50 bits per heavy atom. The number of rotatable bonds is 4. The van der Waals surface area contributed by atoms with Crippen LogP contribution in [0.4, 0.5) is 0 Å². The van der Waals surface area contributed by atoms with Crippen LogP contribution in [0.25, 0.3) is 0 Å². The van der Waals surface area contributed by atoms with Gasteiger partial charge in [0.2, 0.25) is 0 Å². The van der Waals surface area contributed by atoms with Gasteiger partial charge in [-0.2, -0.15) is 0 Å². The third kappa shape index (κ3) is 2.67. The molecular formula is C13H19N3O2. The predicted octanol–water partition coefficient (Wildman–Crippen LogP) is 1.55. The van der Waals surface area contributed by atoms with Crippen LogP contribution < -0.4 is 0 Å². The molecule has 1 unspecified atom stereocenters. The van der Waals surface area contributed by atoms with Crippen molar-refractivity contribution in [1.29, 1.82) is 0 Å². The quantitative estimate of drug-likeness (QED) is 0.877. The Morgan fingerprint density at radius 3 is 2.83 bits per heavy atom. The van der Waals surface area contributed by atoms with Crippen LogP contribution in [0.15, 0.2) is 18.5 Å². The highest BCUT2D eigenvalue weighted by Crippen LogP contribution is 2.33. The lowest BCUT2D eigenvalue weighted by Crippen LogP contribution is -2.47. The number of carbonyl (C=O) groups is 1. The van der Waals surface area contributed by atoms with Gasteiger partial charge in [-0.25, -0.2) is 9.97 Å². The van der Waals surface area contributed by atoms with E-state index in [2.05, 4.69) is 14.9 Å². The van der Waals surface area contributed by atoms with Gasteiger partial charge < -0.3 is 5.11 Å². The Balaban J connectivity index is 2.05. The molecule has 0 bridgehead atoms. The minimum Gasteiger partial charge on any atom is -0.481 e. The first-order chi connectivity index (χ1) is 8.66. The number of nitrogens with zero attached hydrogens (tertiary/aromatic N) is 3. The molecule has 5 nitrogen and oxygen atoms in total. The van der Waals surface area contributed by atoms with E-state index in [1.807, 2.05) is 6.92 Å². The predicted molar refractivity (Wildman–Crippen MR) is 66.9 cm³/mol. The molecule has 98 valence electrons. The van der Waals surface area contributed by atoms with Crippen LogP contribution in [-0.4, -0.2) is 39.0 Å². The van der Waals surface area contributed by atoms with Gasteiger partial charge in [-0.1, -0.05) is 6.92 Å². The number of hydrogen-bond donors (Lipinski definition) is 1. The van der Waals surface area contributed by atoms with Gasteiger partial charge in [0.15, 0.2) is 0 Å². The van der Waals surface area contributed by atoms with E-state index in [1.54, 1.807) is 18.5 Å². The zero-order valence-corrected chi connectivity index (χ0v) is 10.7. The molecule has 1 aliphatic rings. The van der Waals surface area contributed by atoms with Crippen LogP contribution in [0.1, 0.15) is 32.0 Å². The molecule has 5 heteroatoms. The Bertz CT molecular complexity index is 410. The molecule has 1 atom stereocenters. The van der Waals surface area contributed by atoms with Crippen molar-refractivity contribution in [2.24, 2.45) is 5.41 Å². The third-order valence-corrected chi connectivity index (χ3v) is 3.77. The number of piperidine rings is 1. The summed E-state index contributed by atoms with van der Waals surface area (Å²) in [5.41, 5.74) is -0.590. The maximum atomic E-state index is 11.4. The highest BCUT2D eigenvalue weighted by atomic mass is 16.4. The van der Waals surface area contributed by atoms with Crippen molar-refractivity contribution in [3.63, 3.8) is 0 Å². The maximum absolute atomic E-state index is 11.4. The van der Waals surface area contributed by atoms with Crippen LogP contribution in [-0.2, 0) is 11.3 Å². The number of aliphatic carboxylic acids is 1. The fourth-order valence-corrected chi connectivity index (χ4v) is 2.59. The lowest BCUT2D eigenvalue weighted by molar-refractivity contribution is -0.153. The standard InChI is InChI=1S/C13H19N3O2/c1-2-13(12(17)18)5-3-8-16(10-13)9-11-14-6-4-7-15-11/h4,6-7H,2-3,5,8-10H2,1H3,(H,17,18). The highest BCUT2D eigenvalue weighted by molar-refractivity contribution is 5.75. The molecule has 0 aromatic carbocycles. The zero-order chi connectivity index (χ0) is 13.0. The van der Waals surface area contributed by atoms with Crippen LogP contribution >= 0.6 is 0 Å². The monoisotopic (exact) mass is 249 g/mol. The second-order valence-corrected chi connectivity index (χ2v) is 4.92. The normalized spacial score (nSPS) is 24.9. The number of aromatic nitrogens is 2. The first-order valence-electron chi connectivity index (χ1n) is 6.38. The summed E-state index contributed by atoms with van der Waals surface area (Å²) in [5, 5.41) is 9.41. The van der Waals surface area contributed by atoms with E-state index in [4.69, 9.17) is 0 Å². The second kappa shape index (κ2) is 5.44. The molecule has 0 spiro atoms.